The molecule has 0 aliphatic rings. The van der Waals surface area contributed by atoms with Crippen molar-refractivity contribution >= 4 is 23.9 Å². The number of thioether (sulfide) groups is 1. The van der Waals surface area contributed by atoms with Crippen LogP contribution in [0.3, 0.4) is 0 Å². The van der Waals surface area contributed by atoms with E-state index >= 15 is 0 Å². The fourth-order valence-electron chi connectivity index (χ4n) is 3.43. The Kier molecular flexibility index (Phi) is 9.39. The van der Waals surface area contributed by atoms with Crippen LogP contribution in [0.15, 0.2) is 40.6 Å². The van der Waals surface area contributed by atoms with Gasteiger partial charge in [-0.25, -0.2) is 5.43 Å². The molecule has 3 rings (SSSR count). The molecule has 0 spiro atoms. The van der Waals surface area contributed by atoms with E-state index in [2.05, 4.69) is 20.7 Å². The SMILES string of the molecule is CCn1c(SCC(=O)NN=Cc2ccc(OC)c(OC)c2OC)nnc1-c1ccc(OC)c(OC)c1. The summed E-state index contributed by atoms with van der Waals surface area (Å²) in [5.74, 6) is 3.11. The molecule has 1 amide bonds. The van der Waals surface area contributed by atoms with Crippen molar-refractivity contribution < 1.29 is 28.5 Å². The number of benzene rings is 2. The number of carbonyl (C=O) groups excluding carboxylic acids is 1. The highest BCUT2D eigenvalue weighted by Gasteiger charge is 2.17. The number of amides is 1. The van der Waals surface area contributed by atoms with Crippen LogP contribution in [0, 0.1) is 0 Å². The molecule has 11 nitrogen and oxygen atoms in total. The largest absolute Gasteiger partial charge is 0.493 e. The van der Waals surface area contributed by atoms with E-state index in [0.29, 0.717) is 51.8 Å². The summed E-state index contributed by atoms with van der Waals surface area (Å²) in [5, 5.41) is 13.2. The van der Waals surface area contributed by atoms with Crippen LogP contribution >= 0.6 is 11.8 Å². The fourth-order valence-corrected chi connectivity index (χ4v) is 4.23. The standard InChI is InChI=1S/C24H29N5O6S/c1-7-29-23(15-8-10-17(31-2)19(12-15)33-4)27-28-24(29)36-14-20(30)26-25-13-16-9-11-18(32-3)22(35-6)21(16)34-5/h8-13H,7,14H2,1-6H3,(H,26,30). The lowest BCUT2D eigenvalue weighted by molar-refractivity contribution is -0.118. The van der Waals surface area contributed by atoms with E-state index in [1.807, 2.05) is 29.7 Å². The van der Waals surface area contributed by atoms with Gasteiger partial charge in [-0.2, -0.15) is 5.10 Å². The molecule has 0 aliphatic carbocycles. The van der Waals surface area contributed by atoms with Gasteiger partial charge < -0.3 is 28.3 Å². The predicted octanol–water partition coefficient (Wildman–Crippen LogP) is 3.25. The molecule has 1 aromatic heterocycles. The summed E-state index contributed by atoms with van der Waals surface area (Å²) in [6.45, 7) is 2.61. The highest BCUT2D eigenvalue weighted by Crippen LogP contribution is 2.39. The first kappa shape index (κ1) is 26.7. The summed E-state index contributed by atoms with van der Waals surface area (Å²) in [7, 11) is 7.74. The van der Waals surface area contributed by atoms with E-state index in [1.165, 1.54) is 32.2 Å². The summed E-state index contributed by atoms with van der Waals surface area (Å²) < 4.78 is 28.7. The molecule has 1 heterocycles. The van der Waals surface area contributed by atoms with Crippen LogP contribution < -0.4 is 29.1 Å². The number of carbonyl (C=O) groups is 1. The molecule has 3 aromatic rings. The Morgan fingerprint density at radius 3 is 2.28 bits per heavy atom. The Morgan fingerprint density at radius 2 is 1.64 bits per heavy atom. The Labute approximate surface area is 213 Å². The van der Waals surface area contributed by atoms with Crippen LogP contribution in [0.2, 0.25) is 0 Å². The second kappa shape index (κ2) is 12.7. The third-order valence-corrected chi connectivity index (χ3v) is 6.10. The van der Waals surface area contributed by atoms with Gasteiger partial charge in [0.05, 0.1) is 47.5 Å². The highest BCUT2D eigenvalue weighted by molar-refractivity contribution is 7.99. The van der Waals surface area contributed by atoms with Crippen LogP contribution in [0.4, 0.5) is 0 Å². The molecule has 0 unspecified atom stereocenters. The maximum atomic E-state index is 12.4. The van der Waals surface area contributed by atoms with E-state index in [1.54, 1.807) is 33.5 Å². The smallest absolute Gasteiger partial charge is 0.250 e. The van der Waals surface area contributed by atoms with Crippen molar-refractivity contribution in [3.63, 3.8) is 0 Å². The Balaban J connectivity index is 1.67. The van der Waals surface area contributed by atoms with E-state index in [-0.39, 0.29) is 11.7 Å². The summed E-state index contributed by atoms with van der Waals surface area (Å²) >= 11 is 1.26. The van der Waals surface area contributed by atoms with Crippen LogP contribution in [-0.2, 0) is 11.3 Å². The number of hydrogen-bond donors (Lipinski definition) is 1. The molecular weight excluding hydrogens is 486 g/mol. The van der Waals surface area contributed by atoms with Crippen molar-refractivity contribution in [2.24, 2.45) is 5.10 Å². The molecule has 0 radical (unpaired) electrons. The third kappa shape index (κ3) is 5.82. The number of nitrogens with one attached hydrogen (secondary N) is 1. The molecule has 0 saturated carbocycles. The average molecular weight is 516 g/mol. The van der Waals surface area contributed by atoms with Crippen molar-refractivity contribution in [1.29, 1.82) is 0 Å². The summed E-state index contributed by atoms with van der Waals surface area (Å²) in [5.41, 5.74) is 3.96. The minimum atomic E-state index is -0.297. The molecule has 0 aliphatic heterocycles. The molecule has 2 aromatic carbocycles. The van der Waals surface area contributed by atoms with Gasteiger partial charge in [-0.15, -0.1) is 10.2 Å². The van der Waals surface area contributed by atoms with Crippen LogP contribution in [0.1, 0.15) is 12.5 Å². The zero-order valence-corrected chi connectivity index (χ0v) is 21.8. The van der Waals surface area contributed by atoms with E-state index in [0.717, 1.165) is 5.56 Å². The third-order valence-electron chi connectivity index (χ3n) is 5.13. The van der Waals surface area contributed by atoms with Gasteiger partial charge in [0.25, 0.3) is 5.91 Å². The zero-order valence-electron chi connectivity index (χ0n) is 21.0. The fraction of sp³-hybridized carbons (Fsp3) is 0.333. The number of ether oxygens (including phenoxy) is 5. The molecule has 192 valence electrons. The van der Waals surface area contributed by atoms with Gasteiger partial charge in [-0.3, -0.25) is 4.79 Å². The lowest BCUT2D eigenvalue weighted by atomic mass is 10.2. The van der Waals surface area contributed by atoms with Crippen molar-refractivity contribution in [2.45, 2.75) is 18.6 Å². The monoisotopic (exact) mass is 515 g/mol. The molecule has 1 N–H and O–H groups in total. The first-order valence-electron chi connectivity index (χ1n) is 10.9. The molecule has 0 bridgehead atoms. The van der Waals surface area contributed by atoms with Crippen molar-refractivity contribution in [2.75, 3.05) is 41.3 Å². The predicted molar refractivity (Wildman–Crippen MR) is 137 cm³/mol. The molecule has 0 atom stereocenters. The van der Waals surface area contributed by atoms with Gasteiger partial charge in [-0.1, -0.05) is 11.8 Å². The normalized spacial score (nSPS) is 10.8. The first-order valence-corrected chi connectivity index (χ1v) is 11.9. The van der Waals surface area contributed by atoms with E-state index in [4.69, 9.17) is 23.7 Å². The lowest BCUT2D eigenvalue weighted by Crippen LogP contribution is -2.20. The summed E-state index contributed by atoms with van der Waals surface area (Å²) in [4.78, 5) is 12.4. The Hall–Kier alpha value is -3.93. The number of hydrazone groups is 1. The number of aromatic nitrogens is 3. The minimum absolute atomic E-state index is 0.102. The van der Waals surface area contributed by atoms with Gasteiger partial charge in [0, 0.05) is 17.7 Å². The molecule has 0 saturated heterocycles. The highest BCUT2D eigenvalue weighted by atomic mass is 32.2. The zero-order chi connectivity index (χ0) is 26.1. The first-order chi connectivity index (χ1) is 17.5. The van der Waals surface area contributed by atoms with Gasteiger partial charge in [0.15, 0.2) is 34.0 Å². The van der Waals surface area contributed by atoms with Crippen molar-refractivity contribution in [3.8, 4) is 40.1 Å². The number of nitrogens with zero attached hydrogens (tertiary/aromatic N) is 4. The maximum Gasteiger partial charge on any atom is 0.250 e. The lowest BCUT2D eigenvalue weighted by Gasteiger charge is -2.13. The van der Waals surface area contributed by atoms with Crippen molar-refractivity contribution in [3.05, 3.63) is 35.9 Å². The molecule has 36 heavy (non-hydrogen) atoms. The van der Waals surface area contributed by atoms with E-state index < -0.39 is 0 Å². The topological polar surface area (TPSA) is 118 Å². The minimum Gasteiger partial charge on any atom is -0.493 e. The van der Waals surface area contributed by atoms with Gasteiger partial charge in [0.2, 0.25) is 5.75 Å². The Bertz CT molecular complexity index is 1230. The van der Waals surface area contributed by atoms with Gasteiger partial charge >= 0.3 is 0 Å². The average Bonchev–Trinajstić information content (AvgIpc) is 3.33. The second-order valence-corrected chi connectivity index (χ2v) is 8.07. The maximum absolute atomic E-state index is 12.4. The molecule has 0 fully saturated rings. The van der Waals surface area contributed by atoms with Crippen molar-refractivity contribution in [1.82, 2.24) is 20.2 Å². The molecular formula is C24H29N5O6S. The van der Waals surface area contributed by atoms with E-state index in [9.17, 15) is 4.79 Å². The van der Waals surface area contributed by atoms with Crippen LogP contribution in [0.5, 0.6) is 28.7 Å². The number of rotatable bonds is 12. The molecule has 12 heteroatoms. The van der Waals surface area contributed by atoms with Crippen LogP contribution in [-0.4, -0.2) is 68.2 Å². The number of hydrogen-bond acceptors (Lipinski definition) is 10. The second-order valence-electron chi connectivity index (χ2n) is 7.13. The number of methoxy groups -OCH3 is 5. The van der Waals surface area contributed by atoms with Gasteiger partial charge in [0.1, 0.15) is 0 Å². The van der Waals surface area contributed by atoms with Gasteiger partial charge in [-0.05, 0) is 37.3 Å². The summed E-state index contributed by atoms with van der Waals surface area (Å²) in [6.07, 6.45) is 1.48. The van der Waals surface area contributed by atoms with Crippen LogP contribution in [0.25, 0.3) is 11.4 Å². The summed E-state index contributed by atoms with van der Waals surface area (Å²) in [6, 6.07) is 9.02. The Morgan fingerprint density at radius 1 is 0.944 bits per heavy atom. The quantitative estimate of drug-likeness (QED) is 0.220.